The summed E-state index contributed by atoms with van der Waals surface area (Å²) < 4.78 is 37.4. The normalized spacial score (nSPS) is 23.4. The number of aliphatic hydroxyl groups is 2. The number of hydrogen-bond acceptors (Lipinski definition) is 24. The first-order valence-electron chi connectivity index (χ1n) is 37.4. The quantitative estimate of drug-likeness (QED) is 0.0101. The van der Waals surface area contributed by atoms with Crippen LogP contribution in [0.2, 0.25) is 0 Å². The monoisotopic (exact) mass is 1550 g/mol. The topological polar surface area (TPSA) is 451 Å². The number of ether oxygens (including phenoxy) is 5. The smallest absolute Gasteiger partial charge is 0.435 e. The number of allylic oxidation sites excluding steroid dienone is 2. The summed E-state index contributed by atoms with van der Waals surface area (Å²) in [6.07, 6.45) is 9.19. The van der Waals surface area contributed by atoms with Gasteiger partial charge in [-0.2, -0.15) is 9.78 Å². The number of amides is 8. The molecule has 1 aliphatic carbocycles. The summed E-state index contributed by atoms with van der Waals surface area (Å²) in [6, 6.07) is 8.37. The van der Waals surface area contributed by atoms with E-state index in [0.29, 0.717) is 67.8 Å². The van der Waals surface area contributed by atoms with Crippen LogP contribution < -0.4 is 47.4 Å². The van der Waals surface area contributed by atoms with Gasteiger partial charge in [0, 0.05) is 142 Å². The molecule has 11 atom stereocenters. The molecule has 11 N–H and O–H groups in total. The first kappa shape index (κ1) is 83.0. The van der Waals surface area contributed by atoms with E-state index < -0.39 is 136 Å². The Morgan fingerprint density at radius 3 is 2.22 bits per heavy atom. The van der Waals surface area contributed by atoms with Gasteiger partial charge in [-0.25, -0.2) is 14.6 Å². The average Bonchev–Trinajstić information content (AvgIpc) is 1.42. The van der Waals surface area contributed by atoms with Crippen LogP contribution in [0.5, 0.6) is 17.2 Å². The lowest BCUT2D eigenvalue weighted by Gasteiger charge is -2.38. The minimum Gasteiger partial charge on any atom is -0.507 e. The van der Waals surface area contributed by atoms with Crippen LogP contribution in [0.1, 0.15) is 147 Å². The highest BCUT2D eigenvalue weighted by molar-refractivity contribution is 6.22. The van der Waals surface area contributed by atoms with Gasteiger partial charge in [0.2, 0.25) is 23.2 Å². The van der Waals surface area contributed by atoms with Crippen molar-refractivity contribution in [2.45, 2.75) is 175 Å². The highest BCUT2D eigenvalue weighted by atomic mass is 16.7. The number of benzene rings is 4. The number of ketones is 1. The number of phenols is 2. The molecule has 4 aromatic rings. The number of unbranched alkanes of at least 4 members (excludes halogenated alkanes) is 2. The molecule has 598 valence electrons. The van der Waals surface area contributed by atoms with Crippen LogP contribution in [-0.2, 0) is 59.1 Å². The number of urea groups is 1. The number of esters is 1. The molecule has 32 heteroatoms. The number of rotatable bonds is 22. The van der Waals surface area contributed by atoms with Crippen LogP contribution in [0, 0.1) is 36.5 Å². The zero-order valence-electron chi connectivity index (χ0n) is 64.3. The molecule has 1 aromatic heterocycles. The van der Waals surface area contributed by atoms with Crippen molar-refractivity contribution in [2.24, 2.45) is 35.3 Å². The first-order valence-corrected chi connectivity index (χ1v) is 37.4. The van der Waals surface area contributed by atoms with E-state index in [0.717, 1.165) is 9.58 Å². The minimum absolute atomic E-state index is 0.0324. The Morgan fingerprint density at radius 2 is 1.55 bits per heavy atom. The number of carbonyl (C=O) groups is 10. The minimum atomic E-state index is -2.17. The molecular formula is C80H97N11O21. The zero-order valence-corrected chi connectivity index (χ0v) is 64.3. The number of hydrogen-bond donors (Lipinski definition) is 10. The number of fused-ring (bicyclic) bond motifs is 2. The number of aromatic nitrogens is 3. The zero-order chi connectivity index (χ0) is 81.3. The van der Waals surface area contributed by atoms with Gasteiger partial charge >= 0.3 is 23.9 Å². The maximum Gasteiger partial charge on any atom is 0.435 e. The summed E-state index contributed by atoms with van der Waals surface area (Å²) in [7, 11) is 1.41. The lowest BCUT2D eigenvalue weighted by molar-refractivity contribution is -0.160. The van der Waals surface area contributed by atoms with Gasteiger partial charge < -0.3 is 85.7 Å². The third-order valence-corrected chi connectivity index (χ3v) is 21.1. The Morgan fingerprint density at radius 1 is 0.848 bits per heavy atom. The molecule has 3 aromatic carbocycles. The van der Waals surface area contributed by atoms with E-state index in [4.69, 9.17) is 38.8 Å². The largest absolute Gasteiger partial charge is 0.507 e. The van der Waals surface area contributed by atoms with Crippen LogP contribution in [-0.4, -0.2) is 175 Å². The molecule has 112 heavy (non-hydrogen) atoms. The van der Waals surface area contributed by atoms with Crippen molar-refractivity contribution in [3.63, 3.8) is 0 Å². The number of nitrogens with one attached hydrogen (secondary N) is 5. The summed E-state index contributed by atoms with van der Waals surface area (Å²) in [5.74, 6) is -11.5. The van der Waals surface area contributed by atoms with Gasteiger partial charge in [-0.1, -0.05) is 78.3 Å². The summed E-state index contributed by atoms with van der Waals surface area (Å²) >= 11 is 0. The fourth-order valence-corrected chi connectivity index (χ4v) is 14.5. The molecule has 32 nitrogen and oxygen atoms in total. The lowest BCUT2D eigenvalue weighted by Crippen LogP contribution is -2.54. The number of carbonyl (C=O) groups excluding carboxylic acids is 10. The molecule has 6 heterocycles. The number of aliphatic hydroxyl groups excluding tert-OH is 2. The number of phenolic OH excluding ortho intramolecular Hbond substituents is 2. The number of aromatic hydroxyl groups is 2. The van der Waals surface area contributed by atoms with Gasteiger partial charge in [0.1, 0.15) is 58.9 Å². The lowest BCUT2D eigenvalue weighted by atomic mass is 9.78. The van der Waals surface area contributed by atoms with Crippen molar-refractivity contribution in [2.75, 3.05) is 48.8 Å². The fraction of sp³-hybridized carbons (Fsp3) is 0.463. The average molecular weight is 1550 g/mol. The molecule has 4 bridgehead atoms. The fourth-order valence-electron chi connectivity index (χ4n) is 14.5. The number of Topliss-reactive ketones (excluding diaryl/α,β-unsaturated/α-hetero) is 1. The van der Waals surface area contributed by atoms with E-state index in [9.17, 15) is 63.6 Å². The molecule has 0 unspecified atom stereocenters. The maximum absolute atomic E-state index is 15.2. The molecule has 0 spiro atoms. The van der Waals surface area contributed by atoms with Gasteiger partial charge in [-0.05, 0) is 88.1 Å². The second-order valence-corrected chi connectivity index (χ2v) is 29.5. The molecule has 0 saturated carbocycles. The third kappa shape index (κ3) is 18.6. The molecule has 10 rings (SSSR count). The molecule has 1 fully saturated rings. The number of methoxy groups -OCH3 is 1. The predicted molar refractivity (Wildman–Crippen MR) is 410 cm³/mol. The van der Waals surface area contributed by atoms with Gasteiger partial charge in [-0.3, -0.25) is 48.1 Å². The molecule has 8 amide bonds. The number of anilines is 3. The molecule has 5 aliphatic heterocycles. The van der Waals surface area contributed by atoms with Crippen molar-refractivity contribution in [3.05, 3.63) is 130 Å². The van der Waals surface area contributed by atoms with E-state index in [1.165, 1.54) is 83.7 Å². The first-order chi connectivity index (χ1) is 53.2. The van der Waals surface area contributed by atoms with Gasteiger partial charge in [-0.15, -0.1) is 0 Å². The van der Waals surface area contributed by atoms with E-state index >= 15 is 9.59 Å². The Labute approximate surface area is 645 Å². The highest BCUT2D eigenvalue weighted by Crippen LogP contribution is 2.51. The van der Waals surface area contributed by atoms with Crippen molar-refractivity contribution in [1.29, 1.82) is 0 Å². The summed E-state index contributed by atoms with van der Waals surface area (Å²) in [5, 5.41) is 64.7. The molecule has 0 radical (unpaired) electrons. The predicted octanol–water partition coefficient (Wildman–Crippen LogP) is 7.92. The van der Waals surface area contributed by atoms with E-state index in [2.05, 4.69) is 31.7 Å². The molecule has 1 saturated heterocycles. The maximum atomic E-state index is 15.2. The van der Waals surface area contributed by atoms with Crippen LogP contribution in [0.25, 0.3) is 33.3 Å². The number of nitrogens with two attached hydrogens (primary N) is 1. The molecular weight excluding hydrogens is 1450 g/mol. The Bertz CT molecular complexity index is 4750. The van der Waals surface area contributed by atoms with E-state index in [1.54, 1.807) is 84.0 Å². The number of nitrogens with zero attached hydrogens (tertiary/aromatic N) is 5. The van der Waals surface area contributed by atoms with Crippen molar-refractivity contribution in [1.82, 2.24) is 35.6 Å². The second-order valence-electron chi connectivity index (χ2n) is 29.5. The van der Waals surface area contributed by atoms with Crippen LogP contribution in [0.4, 0.5) is 26.7 Å². The van der Waals surface area contributed by atoms with Crippen LogP contribution in [0.3, 0.4) is 0 Å². The van der Waals surface area contributed by atoms with Crippen LogP contribution in [0.15, 0.2) is 106 Å². The van der Waals surface area contributed by atoms with E-state index in [1.807, 2.05) is 4.90 Å². The number of piperidine rings is 1. The highest BCUT2D eigenvalue weighted by Gasteiger charge is 2.50. The van der Waals surface area contributed by atoms with Crippen molar-refractivity contribution >= 4 is 98.3 Å². The number of primary amides is 1. The van der Waals surface area contributed by atoms with Crippen LogP contribution >= 0.6 is 0 Å². The van der Waals surface area contributed by atoms with Crippen molar-refractivity contribution < 1.29 is 96.5 Å². The summed E-state index contributed by atoms with van der Waals surface area (Å²) in [4.78, 5) is 154. The SMILES string of the molecule is CO[C@H]1/C=C/O[C@@]2(C)Oc3c(C)c(O)c4c(=O)c(c5oc6cc(N7CCC(c8ccn(C(=O)OCc9ccc(NC(=O)[C@H](CCCNC(N)=O)NC(=O)[C@@H](NC(=O)CCCCCN%10C(=O)C=CC%10=O)C(C)C)cc9)n8)CC7)cc(O)c6nc-5c4c3C2=O)NC(=O)/C(C)=C\C=C\[C@H](C)[C@H](O)[C@@H](C)[C@@H](O)[C@@H](C)[C@H](OC(C)=O)[C@@H]1C. The van der Waals surface area contributed by atoms with Crippen molar-refractivity contribution in [3.8, 4) is 28.7 Å². The summed E-state index contributed by atoms with van der Waals surface area (Å²) in [6.45, 7) is 16.8. The van der Waals surface area contributed by atoms with Gasteiger partial charge in [0.25, 0.3) is 23.5 Å². The standard InChI is InChI=1S/C80H97N11O21/c1-40(2)63(85-57(94)20-13-12-14-32-90-58(95)25-26-59(90)96)77(104)84-53(19-16-31-82-78(81)105)76(103)83-50-23-21-48(22-24-50)39-108-79(106)91-35-29-52(88-91)49-27-33-89(34-28-49)51-37-54(93)64-56(38-51)111-73-65(86-64)60-61-69(99)46(8)72-62(60)74(101)80(10,112-72)109-36-30-55(107-11)43(5)71(110-47(9)92)45(7)68(98)44(6)67(97)41(3)17-15-18-42(4)75(102)87-66(73)70(61)100/h15,17-18,21-26,29-30,35-38,40-41,43-45,49,53,55,63,67-68,71,93,97-99H,12-14,16,19-20,27-28,31-34,39H2,1-11H3,(H,83,103)(H,84,104)(H,85,94)(H,87,102)(H3,81,82,105)/b17-15+,36-30+,42-18-/t41-,43+,44+,45+,53-,55-,63-,67-,68+,71+,80-/m0/s1. The Hall–Kier alpha value is -11.5. The van der Waals surface area contributed by atoms with Gasteiger partial charge in [0.15, 0.2) is 11.3 Å². The Kier molecular flexibility index (Phi) is 26.4. The second kappa shape index (κ2) is 35.7. The number of imide groups is 1. The molecule has 6 aliphatic rings. The summed E-state index contributed by atoms with van der Waals surface area (Å²) in [5.41, 5.74) is 5.27. The third-order valence-electron chi connectivity index (χ3n) is 21.1. The van der Waals surface area contributed by atoms with E-state index in [-0.39, 0.29) is 119 Å². The van der Waals surface area contributed by atoms with Gasteiger partial charge in [0.05, 0.1) is 41.2 Å². The Balaban J connectivity index is 0.821.